The largest absolute Gasteiger partial charge is 0.337 e. The highest BCUT2D eigenvalue weighted by molar-refractivity contribution is 6.04. The molecule has 148 valence electrons. The van der Waals surface area contributed by atoms with E-state index in [0.29, 0.717) is 11.5 Å². The van der Waals surface area contributed by atoms with Crippen molar-refractivity contribution in [1.29, 1.82) is 0 Å². The average molecular weight is 380 g/mol. The van der Waals surface area contributed by atoms with Gasteiger partial charge in [0.25, 0.3) is 11.8 Å². The van der Waals surface area contributed by atoms with Crippen LogP contribution in [0.2, 0.25) is 0 Å². The summed E-state index contributed by atoms with van der Waals surface area (Å²) in [5.74, 6) is 0.0987. The maximum Gasteiger partial charge on any atom is 0.291 e. The Balaban J connectivity index is 1.65. The number of anilines is 1. The summed E-state index contributed by atoms with van der Waals surface area (Å²) in [4.78, 5) is 32.6. The van der Waals surface area contributed by atoms with Gasteiger partial charge < -0.3 is 14.8 Å². The number of rotatable bonds is 3. The molecule has 2 amide bonds. The second kappa shape index (κ2) is 7.78. The minimum Gasteiger partial charge on any atom is -0.337 e. The number of hydrogen-bond donors (Lipinski definition) is 1. The summed E-state index contributed by atoms with van der Waals surface area (Å²) < 4.78 is 1.96. The van der Waals surface area contributed by atoms with Crippen LogP contribution in [0.25, 0.3) is 0 Å². The van der Waals surface area contributed by atoms with Gasteiger partial charge in [0.15, 0.2) is 5.82 Å². The predicted octanol–water partition coefficient (Wildman–Crippen LogP) is 3.71. The summed E-state index contributed by atoms with van der Waals surface area (Å²) in [5.41, 5.74) is 4.30. The van der Waals surface area contributed by atoms with Gasteiger partial charge in [-0.3, -0.25) is 9.59 Å². The van der Waals surface area contributed by atoms with E-state index in [2.05, 4.69) is 10.3 Å². The molecule has 0 atom stereocenters. The maximum atomic E-state index is 13.1. The van der Waals surface area contributed by atoms with E-state index in [9.17, 15) is 9.59 Å². The molecule has 0 radical (unpaired) electrons. The maximum absolute atomic E-state index is 13.1. The average Bonchev–Trinajstić information content (AvgIpc) is 3.11. The molecule has 6 nitrogen and oxygen atoms in total. The zero-order valence-corrected chi connectivity index (χ0v) is 16.8. The summed E-state index contributed by atoms with van der Waals surface area (Å²) in [6.07, 6.45) is 6.10. The van der Waals surface area contributed by atoms with Gasteiger partial charge in [-0.25, -0.2) is 4.98 Å². The zero-order chi connectivity index (χ0) is 19.7. The van der Waals surface area contributed by atoms with Crippen molar-refractivity contribution in [3.8, 4) is 0 Å². The molecule has 1 aromatic heterocycles. The van der Waals surface area contributed by atoms with E-state index in [1.54, 1.807) is 0 Å². The Labute approximate surface area is 165 Å². The van der Waals surface area contributed by atoms with Crippen molar-refractivity contribution in [2.24, 2.45) is 0 Å². The lowest BCUT2D eigenvalue weighted by Crippen LogP contribution is -2.36. The van der Waals surface area contributed by atoms with Gasteiger partial charge in [-0.05, 0) is 69.6 Å². The second-order valence-electron chi connectivity index (χ2n) is 7.96. The first-order valence-corrected chi connectivity index (χ1v) is 10.3. The van der Waals surface area contributed by atoms with Crippen LogP contribution in [0.15, 0.2) is 18.2 Å². The molecule has 1 fully saturated rings. The van der Waals surface area contributed by atoms with Crippen molar-refractivity contribution in [1.82, 2.24) is 14.5 Å². The lowest BCUT2D eigenvalue weighted by atomic mass is 10.1. The second-order valence-corrected chi connectivity index (χ2v) is 7.96. The monoisotopic (exact) mass is 380 g/mol. The standard InChI is InChI=1S/C22H28N4O2/c1-15-9-10-16(2)17(14-15)23-21(27)20-24-19(18-8-4-7-13-26(18)20)22(28)25-11-5-3-6-12-25/h9-10,14H,3-8,11-13H2,1-2H3,(H,23,27). The van der Waals surface area contributed by atoms with Gasteiger partial charge in [-0.2, -0.15) is 0 Å². The van der Waals surface area contributed by atoms with E-state index >= 15 is 0 Å². The summed E-state index contributed by atoms with van der Waals surface area (Å²) in [7, 11) is 0. The zero-order valence-electron chi connectivity index (χ0n) is 16.8. The van der Waals surface area contributed by atoms with Gasteiger partial charge in [0.05, 0.1) is 5.69 Å². The molecule has 1 N–H and O–H groups in total. The number of aromatic nitrogens is 2. The van der Waals surface area contributed by atoms with Crippen molar-refractivity contribution >= 4 is 17.5 Å². The molecule has 2 aliphatic heterocycles. The number of likely N-dealkylation sites (tertiary alicyclic amines) is 1. The van der Waals surface area contributed by atoms with Gasteiger partial charge in [-0.1, -0.05) is 12.1 Å². The molecule has 0 aliphatic carbocycles. The van der Waals surface area contributed by atoms with E-state index in [1.807, 2.05) is 41.5 Å². The first-order chi connectivity index (χ1) is 13.5. The third-order valence-electron chi connectivity index (χ3n) is 5.81. The Morgan fingerprint density at radius 2 is 1.75 bits per heavy atom. The normalized spacial score (nSPS) is 16.6. The van der Waals surface area contributed by atoms with E-state index in [4.69, 9.17) is 0 Å². The van der Waals surface area contributed by atoms with Crippen LogP contribution in [0, 0.1) is 13.8 Å². The van der Waals surface area contributed by atoms with Crippen LogP contribution in [-0.2, 0) is 13.0 Å². The number of fused-ring (bicyclic) bond motifs is 1. The molecule has 28 heavy (non-hydrogen) atoms. The summed E-state index contributed by atoms with van der Waals surface area (Å²) >= 11 is 0. The quantitative estimate of drug-likeness (QED) is 0.883. The van der Waals surface area contributed by atoms with E-state index < -0.39 is 0 Å². The van der Waals surface area contributed by atoms with Gasteiger partial charge >= 0.3 is 0 Å². The van der Waals surface area contributed by atoms with Gasteiger partial charge in [-0.15, -0.1) is 0 Å². The van der Waals surface area contributed by atoms with Crippen LogP contribution in [0.4, 0.5) is 5.69 Å². The number of amides is 2. The minimum atomic E-state index is -0.241. The minimum absolute atomic E-state index is 0.0175. The van der Waals surface area contributed by atoms with Gasteiger partial charge in [0, 0.05) is 25.3 Å². The Hall–Kier alpha value is -2.63. The van der Waals surface area contributed by atoms with E-state index in [-0.39, 0.29) is 11.8 Å². The molecule has 0 spiro atoms. The van der Waals surface area contributed by atoms with Crippen molar-refractivity contribution in [3.05, 3.63) is 46.5 Å². The van der Waals surface area contributed by atoms with Crippen molar-refractivity contribution in [3.63, 3.8) is 0 Å². The lowest BCUT2D eigenvalue weighted by Gasteiger charge is -2.26. The fourth-order valence-corrected chi connectivity index (χ4v) is 4.18. The molecule has 0 bridgehead atoms. The highest BCUT2D eigenvalue weighted by Gasteiger charge is 2.30. The molecule has 6 heteroatoms. The number of imidazole rings is 1. The molecule has 1 aromatic carbocycles. The fourth-order valence-electron chi connectivity index (χ4n) is 4.18. The van der Waals surface area contributed by atoms with E-state index in [0.717, 1.165) is 74.2 Å². The first-order valence-electron chi connectivity index (χ1n) is 10.3. The van der Waals surface area contributed by atoms with E-state index in [1.165, 1.54) is 6.42 Å². The number of nitrogens with zero attached hydrogens (tertiary/aromatic N) is 3. The Morgan fingerprint density at radius 3 is 2.54 bits per heavy atom. The molecule has 4 rings (SSSR count). The molecule has 2 aromatic rings. The number of piperidine rings is 1. The van der Waals surface area contributed by atoms with Crippen molar-refractivity contribution in [2.45, 2.75) is 58.9 Å². The molecule has 1 saturated heterocycles. The molecular weight excluding hydrogens is 352 g/mol. The number of nitrogens with one attached hydrogen (secondary N) is 1. The molecule has 2 aliphatic rings. The van der Waals surface area contributed by atoms with Crippen LogP contribution < -0.4 is 5.32 Å². The molecule has 0 saturated carbocycles. The van der Waals surface area contributed by atoms with Crippen LogP contribution in [0.3, 0.4) is 0 Å². The molecule has 0 unspecified atom stereocenters. The number of carbonyl (C=O) groups excluding carboxylic acids is 2. The third kappa shape index (κ3) is 3.55. The SMILES string of the molecule is Cc1ccc(C)c(NC(=O)c2nc(C(=O)N3CCCCC3)c3n2CCCC3)c1. The first kappa shape index (κ1) is 18.7. The predicted molar refractivity (Wildman–Crippen MR) is 109 cm³/mol. The molecular formula is C22H28N4O2. The summed E-state index contributed by atoms with van der Waals surface area (Å²) in [6, 6.07) is 5.99. The van der Waals surface area contributed by atoms with Crippen molar-refractivity contribution < 1.29 is 9.59 Å². The Morgan fingerprint density at radius 1 is 1.00 bits per heavy atom. The van der Waals surface area contributed by atoms with Crippen LogP contribution in [0.1, 0.15) is 70.0 Å². The summed E-state index contributed by atoms with van der Waals surface area (Å²) in [6.45, 7) is 6.29. The van der Waals surface area contributed by atoms with Gasteiger partial charge in [0.1, 0.15) is 5.69 Å². The third-order valence-corrected chi connectivity index (χ3v) is 5.81. The highest BCUT2D eigenvalue weighted by atomic mass is 16.2. The Bertz CT molecular complexity index is 910. The fraction of sp³-hybridized carbons (Fsp3) is 0.500. The smallest absolute Gasteiger partial charge is 0.291 e. The Kier molecular flexibility index (Phi) is 5.20. The number of hydrogen-bond acceptors (Lipinski definition) is 3. The topological polar surface area (TPSA) is 67.2 Å². The summed E-state index contributed by atoms with van der Waals surface area (Å²) in [5, 5.41) is 3.00. The van der Waals surface area contributed by atoms with Crippen LogP contribution in [-0.4, -0.2) is 39.4 Å². The number of carbonyl (C=O) groups is 2. The van der Waals surface area contributed by atoms with Gasteiger partial charge in [0.2, 0.25) is 0 Å². The highest BCUT2D eigenvalue weighted by Crippen LogP contribution is 2.25. The number of benzene rings is 1. The van der Waals surface area contributed by atoms with Crippen LogP contribution in [0.5, 0.6) is 0 Å². The lowest BCUT2D eigenvalue weighted by molar-refractivity contribution is 0.0717. The molecule has 3 heterocycles. The number of aryl methyl sites for hydroxylation is 2. The van der Waals surface area contributed by atoms with Crippen molar-refractivity contribution in [2.75, 3.05) is 18.4 Å². The van der Waals surface area contributed by atoms with Crippen LogP contribution >= 0.6 is 0 Å².